The Morgan fingerprint density at radius 1 is 1.53 bits per heavy atom. The molecular weight excluding hydrogens is 313 g/mol. The van der Waals surface area contributed by atoms with Gasteiger partial charge in [-0.25, -0.2) is 0 Å². The Kier molecular flexibility index (Phi) is 6.68. The molecule has 0 aromatic carbocycles. The zero-order valence-electron chi connectivity index (χ0n) is 10.6. The van der Waals surface area contributed by atoms with Crippen molar-refractivity contribution in [1.29, 1.82) is 0 Å². The first-order chi connectivity index (χ1) is 8.85. The highest BCUT2D eigenvalue weighted by Crippen LogP contribution is 2.23. The minimum absolute atomic E-state index is 0.0490. The molecule has 1 rings (SSSR count). The fourth-order valence-corrected chi connectivity index (χ4v) is 3.32. The van der Waals surface area contributed by atoms with E-state index in [9.17, 15) is 17.4 Å². The van der Waals surface area contributed by atoms with Crippen LogP contribution in [0.4, 0.5) is 3.89 Å². The molecule has 0 aliphatic heterocycles. The molecular formula is C11H17ClFNO3S2. The Morgan fingerprint density at radius 3 is 2.63 bits per heavy atom. The van der Waals surface area contributed by atoms with Gasteiger partial charge in [-0.2, -0.15) is 8.42 Å². The number of hydrogen-bond acceptors (Lipinski definition) is 5. The van der Waals surface area contributed by atoms with Crippen molar-refractivity contribution in [2.45, 2.75) is 25.9 Å². The number of aliphatic hydroxyl groups excluding tert-OH is 1. The van der Waals surface area contributed by atoms with E-state index in [0.29, 0.717) is 17.3 Å². The zero-order valence-corrected chi connectivity index (χ0v) is 12.9. The average Bonchev–Trinajstić information content (AvgIpc) is 2.72. The van der Waals surface area contributed by atoms with Crippen LogP contribution >= 0.6 is 22.9 Å². The summed E-state index contributed by atoms with van der Waals surface area (Å²) >= 11 is 7.22. The lowest BCUT2D eigenvalue weighted by atomic mass is 10.2. The maximum absolute atomic E-state index is 12.6. The van der Waals surface area contributed by atoms with E-state index < -0.39 is 16.0 Å². The Hall–Kier alpha value is -0.210. The number of hydrogen-bond donors (Lipinski definition) is 1. The minimum Gasteiger partial charge on any atom is -0.395 e. The van der Waals surface area contributed by atoms with Crippen molar-refractivity contribution in [2.75, 3.05) is 18.9 Å². The molecule has 0 bridgehead atoms. The molecule has 0 saturated carbocycles. The lowest BCUT2D eigenvalue weighted by Gasteiger charge is -2.28. The normalized spacial score (nSPS) is 13.9. The van der Waals surface area contributed by atoms with Crippen LogP contribution in [0.5, 0.6) is 0 Å². The standard InChI is InChI=1S/C11H17ClFNO3S2/c1-2-9(8-15)14(5-6-19(13,16)17)7-10-3-4-11(12)18-10/h3-4,9,15H,2,5-8H2,1H3/t9-/m0/s1. The fraction of sp³-hybridized carbons (Fsp3) is 0.636. The van der Waals surface area contributed by atoms with Crippen molar-refractivity contribution in [3.63, 3.8) is 0 Å². The van der Waals surface area contributed by atoms with Gasteiger partial charge in [0.1, 0.15) is 0 Å². The van der Waals surface area contributed by atoms with E-state index >= 15 is 0 Å². The van der Waals surface area contributed by atoms with Crippen LogP contribution in [-0.2, 0) is 16.8 Å². The largest absolute Gasteiger partial charge is 0.395 e. The topological polar surface area (TPSA) is 57.6 Å². The van der Waals surface area contributed by atoms with E-state index in [4.69, 9.17) is 11.6 Å². The molecule has 0 aliphatic rings. The van der Waals surface area contributed by atoms with Gasteiger partial charge in [0, 0.05) is 24.0 Å². The highest BCUT2D eigenvalue weighted by molar-refractivity contribution is 7.86. The predicted molar refractivity (Wildman–Crippen MR) is 75.8 cm³/mol. The van der Waals surface area contributed by atoms with Crippen LogP contribution in [0.1, 0.15) is 18.2 Å². The molecule has 1 aromatic heterocycles. The van der Waals surface area contributed by atoms with Gasteiger partial charge in [-0.05, 0) is 18.6 Å². The van der Waals surface area contributed by atoms with E-state index in [1.54, 1.807) is 11.0 Å². The summed E-state index contributed by atoms with van der Waals surface area (Å²) in [6.45, 7) is 2.29. The van der Waals surface area contributed by atoms with Crippen LogP contribution in [0.3, 0.4) is 0 Å². The predicted octanol–water partition coefficient (Wildman–Crippen LogP) is 2.27. The lowest BCUT2D eigenvalue weighted by molar-refractivity contribution is 0.120. The van der Waals surface area contributed by atoms with Gasteiger partial charge in [-0.3, -0.25) is 4.90 Å². The molecule has 1 aromatic rings. The number of aliphatic hydroxyl groups is 1. The third kappa shape index (κ3) is 6.18. The van der Waals surface area contributed by atoms with E-state index in [-0.39, 0.29) is 19.2 Å². The SMILES string of the molecule is CC[C@@H](CO)N(CCS(=O)(=O)F)Cc1ccc(Cl)s1. The molecule has 0 radical (unpaired) electrons. The zero-order chi connectivity index (χ0) is 14.5. The summed E-state index contributed by atoms with van der Waals surface area (Å²) in [6, 6.07) is 3.40. The molecule has 1 atom stereocenters. The summed E-state index contributed by atoms with van der Waals surface area (Å²) in [4.78, 5) is 2.72. The quantitative estimate of drug-likeness (QED) is 0.743. The molecule has 110 valence electrons. The number of nitrogens with zero attached hydrogens (tertiary/aromatic N) is 1. The monoisotopic (exact) mass is 329 g/mol. The van der Waals surface area contributed by atoms with E-state index in [1.165, 1.54) is 11.3 Å². The highest BCUT2D eigenvalue weighted by atomic mass is 35.5. The molecule has 1 heterocycles. The lowest BCUT2D eigenvalue weighted by Crippen LogP contribution is -2.39. The molecule has 0 spiro atoms. The van der Waals surface area contributed by atoms with Crippen molar-refractivity contribution < 1.29 is 17.4 Å². The van der Waals surface area contributed by atoms with Gasteiger partial charge in [0.15, 0.2) is 0 Å². The van der Waals surface area contributed by atoms with Crippen LogP contribution in [0.2, 0.25) is 4.34 Å². The third-order valence-corrected chi connectivity index (χ3v) is 4.69. The van der Waals surface area contributed by atoms with Crippen molar-refractivity contribution in [3.05, 3.63) is 21.3 Å². The van der Waals surface area contributed by atoms with Gasteiger partial charge in [0.25, 0.3) is 0 Å². The van der Waals surface area contributed by atoms with Gasteiger partial charge in [0.05, 0.1) is 16.7 Å². The van der Waals surface area contributed by atoms with Crippen LogP contribution < -0.4 is 0 Å². The first-order valence-corrected chi connectivity index (χ1v) is 8.62. The summed E-state index contributed by atoms with van der Waals surface area (Å²) in [5.74, 6) is -0.567. The van der Waals surface area contributed by atoms with Crippen LogP contribution in [0.15, 0.2) is 12.1 Å². The molecule has 0 amide bonds. The Bertz CT molecular complexity index is 488. The van der Waals surface area contributed by atoms with E-state index in [1.807, 2.05) is 13.0 Å². The molecule has 19 heavy (non-hydrogen) atoms. The number of rotatable bonds is 8. The molecule has 1 N–H and O–H groups in total. The van der Waals surface area contributed by atoms with Gasteiger partial charge < -0.3 is 5.11 Å². The van der Waals surface area contributed by atoms with Gasteiger partial charge in [-0.1, -0.05) is 18.5 Å². The van der Waals surface area contributed by atoms with Crippen molar-refractivity contribution in [1.82, 2.24) is 4.90 Å². The van der Waals surface area contributed by atoms with Crippen LogP contribution in [-0.4, -0.2) is 43.4 Å². The van der Waals surface area contributed by atoms with Crippen molar-refractivity contribution in [3.8, 4) is 0 Å². The Balaban J connectivity index is 2.73. The average molecular weight is 330 g/mol. The van der Waals surface area contributed by atoms with Crippen LogP contribution in [0.25, 0.3) is 0 Å². The molecule has 4 nitrogen and oxygen atoms in total. The minimum atomic E-state index is -4.50. The molecule has 8 heteroatoms. The second kappa shape index (κ2) is 7.54. The van der Waals surface area contributed by atoms with Gasteiger partial charge >= 0.3 is 10.2 Å². The summed E-state index contributed by atoms with van der Waals surface area (Å²) in [5, 5.41) is 9.30. The Labute approximate surface area is 122 Å². The molecule has 0 unspecified atom stereocenters. The smallest absolute Gasteiger partial charge is 0.303 e. The van der Waals surface area contributed by atoms with E-state index in [2.05, 4.69) is 0 Å². The summed E-state index contributed by atoms with van der Waals surface area (Å²) < 4.78 is 34.5. The summed E-state index contributed by atoms with van der Waals surface area (Å²) in [6.07, 6.45) is 0.655. The van der Waals surface area contributed by atoms with Crippen molar-refractivity contribution >= 4 is 33.2 Å². The number of halogens is 2. The Morgan fingerprint density at radius 2 is 2.21 bits per heavy atom. The van der Waals surface area contributed by atoms with E-state index in [0.717, 1.165) is 4.88 Å². The highest BCUT2D eigenvalue weighted by Gasteiger charge is 2.20. The van der Waals surface area contributed by atoms with Crippen molar-refractivity contribution in [2.24, 2.45) is 0 Å². The maximum Gasteiger partial charge on any atom is 0.303 e. The maximum atomic E-state index is 12.6. The first kappa shape index (κ1) is 16.8. The van der Waals surface area contributed by atoms with Crippen LogP contribution in [0, 0.1) is 0 Å². The molecule has 0 fully saturated rings. The molecule has 0 aliphatic carbocycles. The fourth-order valence-electron chi connectivity index (χ4n) is 1.76. The summed E-state index contributed by atoms with van der Waals surface area (Å²) in [5.41, 5.74) is 0. The first-order valence-electron chi connectivity index (χ1n) is 5.87. The second-order valence-electron chi connectivity index (χ2n) is 4.16. The second-order valence-corrected chi connectivity index (χ2v) is 7.45. The third-order valence-electron chi connectivity index (χ3n) is 2.81. The number of thiophene rings is 1. The van der Waals surface area contributed by atoms with Gasteiger partial charge in [-0.15, -0.1) is 15.2 Å². The summed E-state index contributed by atoms with van der Waals surface area (Å²) in [7, 11) is -4.50. The van der Waals surface area contributed by atoms with Gasteiger partial charge in [0.2, 0.25) is 0 Å². The molecule has 0 saturated heterocycles.